The first-order valence-corrected chi connectivity index (χ1v) is 12.9. The predicted molar refractivity (Wildman–Crippen MR) is 146 cm³/mol. The van der Waals surface area contributed by atoms with Gasteiger partial charge in [-0.15, -0.1) is 0 Å². The van der Waals surface area contributed by atoms with Crippen LogP contribution in [0.5, 0.6) is 17.2 Å². The van der Waals surface area contributed by atoms with Gasteiger partial charge in [0.2, 0.25) is 17.6 Å². The maximum Gasteiger partial charge on any atom is 0.241 e. The second-order valence-electron chi connectivity index (χ2n) is 9.34. The van der Waals surface area contributed by atoms with Crippen LogP contribution in [0.1, 0.15) is 24.3 Å². The number of likely N-dealkylation sites (tertiary alicyclic amines) is 1. The molecule has 1 saturated heterocycles. The van der Waals surface area contributed by atoms with Gasteiger partial charge < -0.3 is 19.3 Å². The molecule has 9 heteroatoms. The average Bonchev–Trinajstić information content (AvgIpc) is 3.39. The minimum absolute atomic E-state index is 0.0500. The molecule has 0 atom stereocenters. The van der Waals surface area contributed by atoms with Gasteiger partial charge in [0.15, 0.2) is 5.75 Å². The first-order valence-electron chi connectivity index (χ1n) is 12.5. The van der Waals surface area contributed by atoms with Gasteiger partial charge in [0.05, 0.1) is 19.3 Å². The Morgan fingerprint density at radius 2 is 1.84 bits per heavy atom. The van der Waals surface area contributed by atoms with Gasteiger partial charge in [-0.25, -0.2) is 0 Å². The van der Waals surface area contributed by atoms with Crippen molar-refractivity contribution in [2.24, 2.45) is 5.92 Å². The van der Waals surface area contributed by atoms with E-state index in [2.05, 4.69) is 20.4 Å². The van der Waals surface area contributed by atoms with Crippen molar-refractivity contribution in [2.75, 3.05) is 25.5 Å². The van der Waals surface area contributed by atoms with Crippen LogP contribution in [0.2, 0.25) is 5.02 Å². The molecule has 196 valence electrons. The Bertz CT molecular complexity index is 1400. The maximum atomic E-state index is 13.1. The summed E-state index contributed by atoms with van der Waals surface area (Å²) < 4.78 is 16.7. The van der Waals surface area contributed by atoms with Crippen molar-refractivity contribution in [1.82, 2.24) is 15.0 Å². The van der Waals surface area contributed by atoms with Crippen LogP contribution in [0.25, 0.3) is 11.4 Å². The predicted octanol–water partition coefficient (Wildman–Crippen LogP) is 6.35. The summed E-state index contributed by atoms with van der Waals surface area (Å²) >= 11 is 6.22. The highest BCUT2D eigenvalue weighted by Gasteiger charge is 2.27. The van der Waals surface area contributed by atoms with E-state index in [-0.39, 0.29) is 11.8 Å². The molecule has 0 saturated carbocycles. The highest BCUT2D eigenvalue weighted by Crippen LogP contribution is 2.33. The van der Waals surface area contributed by atoms with Gasteiger partial charge in [0, 0.05) is 16.5 Å². The zero-order chi connectivity index (χ0) is 26.5. The lowest BCUT2D eigenvalue weighted by molar-refractivity contribution is -0.121. The molecular weight excluding hydrogens is 504 g/mol. The Hall–Kier alpha value is -3.88. The van der Waals surface area contributed by atoms with E-state index in [0.717, 1.165) is 42.8 Å². The van der Waals surface area contributed by atoms with Gasteiger partial charge in [-0.3, -0.25) is 9.69 Å². The Morgan fingerprint density at radius 1 is 1.08 bits per heavy atom. The summed E-state index contributed by atoms with van der Waals surface area (Å²) in [4.78, 5) is 19.9. The minimum atomic E-state index is -0.121. The van der Waals surface area contributed by atoms with Crippen molar-refractivity contribution in [2.45, 2.75) is 26.3 Å². The molecule has 1 aliphatic heterocycles. The third kappa shape index (κ3) is 6.33. The molecule has 0 aliphatic carbocycles. The number of rotatable bonds is 8. The minimum Gasteiger partial charge on any atom is -0.497 e. The third-order valence-electron chi connectivity index (χ3n) is 6.55. The standard InChI is InChI=1S/C29H29ClN4O4/c1-19-4-3-5-21(16-19)28-32-27(38-33-28)18-34-14-12-20(13-15-34)29(35)31-25-17-22(30)6-11-26(25)37-24-9-7-23(36-2)8-10-24/h3-11,16-17,20H,12-15,18H2,1-2H3,(H,31,35). The van der Waals surface area contributed by atoms with Crippen molar-refractivity contribution in [3.63, 3.8) is 0 Å². The molecule has 0 radical (unpaired) electrons. The number of amides is 1. The third-order valence-corrected chi connectivity index (χ3v) is 6.78. The van der Waals surface area contributed by atoms with Crippen molar-refractivity contribution >= 4 is 23.2 Å². The Kier molecular flexibility index (Phi) is 7.91. The summed E-state index contributed by atoms with van der Waals surface area (Å²) in [6.07, 6.45) is 1.44. The van der Waals surface area contributed by atoms with Crippen molar-refractivity contribution in [3.05, 3.63) is 83.2 Å². The molecule has 2 heterocycles. The van der Waals surface area contributed by atoms with E-state index in [1.54, 1.807) is 25.3 Å². The molecule has 38 heavy (non-hydrogen) atoms. The number of nitrogens with zero attached hydrogens (tertiary/aromatic N) is 3. The summed E-state index contributed by atoms with van der Waals surface area (Å²) in [5.74, 6) is 2.88. The Morgan fingerprint density at radius 3 is 2.58 bits per heavy atom. The number of nitrogens with one attached hydrogen (secondary N) is 1. The highest BCUT2D eigenvalue weighted by atomic mass is 35.5. The fourth-order valence-electron chi connectivity index (χ4n) is 4.46. The average molecular weight is 533 g/mol. The summed E-state index contributed by atoms with van der Waals surface area (Å²) in [6, 6.07) is 20.4. The number of methoxy groups -OCH3 is 1. The Balaban J connectivity index is 1.17. The van der Waals surface area contributed by atoms with Gasteiger partial charge >= 0.3 is 0 Å². The Labute approximate surface area is 226 Å². The molecule has 0 unspecified atom stereocenters. The fraction of sp³-hybridized carbons (Fsp3) is 0.276. The summed E-state index contributed by atoms with van der Waals surface area (Å²) in [5.41, 5.74) is 2.62. The van der Waals surface area contributed by atoms with E-state index in [1.165, 1.54) is 0 Å². The summed E-state index contributed by atoms with van der Waals surface area (Å²) in [7, 11) is 1.61. The molecule has 3 aromatic carbocycles. The van der Waals surface area contributed by atoms with Crippen LogP contribution in [-0.2, 0) is 11.3 Å². The van der Waals surface area contributed by atoms with Crippen LogP contribution >= 0.6 is 11.6 Å². The molecule has 4 aromatic rings. The van der Waals surface area contributed by atoms with Crippen LogP contribution in [0.3, 0.4) is 0 Å². The van der Waals surface area contributed by atoms with E-state index in [4.69, 9.17) is 25.6 Å². The van der Waals surface area contributed by atoms with Crippen molar-refractivity contribution in [1.29, 1.82) is 0 Å². The number of aryl methyl sites for hydroxylation is 1. The van der Waals surface area contributed by atoms with Crippen LogP contribution < -0.4 is 14.8 Å². The molecular formula is C29H29ClN4O4. The second-order valence-corrected chi connectivity index (χ2v) is 9.78. The van der Waals surface area contributed by atoms with E-state index < -0.39 is 0 Å². The van der Waals surface area contributed by atoms with Crippen LogP contribution in [0, 0.1) is 12.8 Å². The van der Waals surface area contributed by atoms with Crippen molar-refractivity contribution in [3.8, 4) is 28.6 Å². The first kappa shape index (κ1) is 25.8. The van der Waals surface area contributed by atoms with Gasteiger partial charge in [-0.05, 0) is 81.4 Å². The quantitative estimate of drug-likeness (QED) is 0.283. The molecule has 1 aliphatic rings. The molecule has 8 nitrogen and oxygen atoms in total. The summed E-state index contributed by atoms with van der Waals surface area (Å²) in [5, 5.41) is 7.67. The van der Waals surface area contributed by atoms with Gasteiger partial charge in [0.1, 0.15) is 11.5 Å². The summed E-state index contributed by atoms with van der Waals surface area (Å²) in [6.45, 7) is 4.10. The molecule has 1 amide bonds. The van der Waals surface area contributed by atoms with E-state index in [0.29, 0.717) is 40.5 Å². The number of hydrogen-bond acceptors (Lipinski definition) is 7. The number of halogens is 1. The monoisotopic (exact) mass is 532 g/mol. The number of aromatic nitrogens is 2. The normalized spacial score (nSPS) is 14.3. The van der Waals surface area contributed by atoms with Crippen molar-refractivity contribution < 1.29 is 18.8 Å². The molecule has 1 fully saturated rings. The molecule has 0 spiro atoms. The van der Waals surface area contributed by atoms with E-state index in [1.807, 2.05) is 55.5 Å². The maximum absolute atomic E-state index is 13.1. The van der Waals surface area contributed by atoms with Crippen LogP contribution in [0.15, 0.2) is 71.3 Å². The number of anilines is 1. The van der Waals surface area contributed by atoms with Gasteiger partial charge in [0.25, 0.3) is 0 Å². The smallest absolute Gasteiger partial charge is 0.241 e. The number of piperidine rings is 1. The first-order chi connectivity index (χ1) is 18.5. The second kappa shape index (κ2) is 11.7. The number of benzene rings is 3. The topological polar surface area (TPSA) is 89.7 Å². The lowest BCUT2D eigenvalue weighted by atomic mass is 9.96. The SMILES string of the molecule is COc1ccc(Oc2ccc(Cl)cc2NC(=O)C2CCN(Cc3nc(-c4cccc(C)c4)no3)CC2)cc1. The zero-order valence-corrected chi connectivity index (χ0v) is 22.1. The van der Waals surface area contributed by atoms with Gasteiger partial charge in [-0.2, -0.15) is 4.98 Å². The molecule has 1 aromatic heterocycles. The van der Waals surface area contributed by atoms with E-state index in [9.17, 15) is 4.79 Å². The van der Waals surface area contributed by atoms with E-state index >= 15 is 0 Å². The number of carbonyl (C=O) groups excluding carboxylic acids is 1. The number of hydrogen-bond donors (Lipinski definition) is 1. The number of carbonyl (C=O) groups is 1. The molecule has 0 bridgehead atoms. The highest BCUT2D eigenvalue weighted by molar-refractivity contribution is 6.31. The zero-order valence-electron chi connectivity index (χ0n) is 21.3. The molecule has 5 rings (SSSR count). The molecule has 1 N–H and O–H groups in total. The lowest BCUT2D eigenvalue weighted by Gasteiger charge is -2.30. The number of ether oxygens (including phenoxy) is 2. The van der Waals surface area contributed by atoms with Crippen LogP contribution in [0.4, 0.5) is 5.69 Å². The fourth-order valence-corrected chi connectivity index (χ4v) is 4.63. The van der Waals surface area contributed by atoms with Crippen LogP contribution in [-0.4, -0.2) is 41.1 Å². The van der Waals surface area contributed by atoms with Gasteiger partial charge in [-0.1, -0.05) is 40.5 Å². The largest absolute Gasteiger partial charge is 0.497 e. The lowest BCUT2D eigenvalue weighted by Crippen LogP contribution is -2.37.